The van der Waals surface area contributed by atoms with Gasteiger partial charge in [0.15, 0.2) is 0 Å². The first kappa shape index (κ1) is 36.7. The van der Waals surface area contributed by atoms with Crippen LogP contribution in [0.5, 0.6) is 5.75 Å². The number of ether oxygens (including phenoxy) is 3. The van der Waals surface area contributed by atoms with Crippen LogP contribution >= 0.6 is 0 Å². The van der Waals surface area contributed by atoms with E-state index in [1.165, 1.54) is 11.1 Å². The molecule has 11 heteroatoms. The van der Waals surface area contributed by atoms with Gasteiger partial charge in [-0.1, -0.05) is 43.3 Å². The fourth-order valence-electron chi connectivity index (χ4n) is 10.0. The fourth-order valence-corrected chi connectivity index (χ4v) is 11.1. The number of hydrogen-bond acceptors (Lipinski definition) is 8. The Morgan fingerprint density at radius 1 is 1.06 bits per heavy atom. The first-order valence-corrected chi connectivity index (χ1v) is 21.0. The van der Waals surface area contributed by atoms with Crippen LogP contribution in [0.1, 0.15) is 74.4 Å². The predicted octanol–water partition coefficient (Wildman–Crippen LogP) is 4.88. The number of carbonyl (C=O) groups is 2. The largest absolute Gasteiger partial charge is 0.490 e. The molecule has 286 valence electrons. The minimum absolute atomic E-state index is 0.0390. The summed E-state index contributed by atoms with van der Waals surface area (Å²) in [4.78, 5) is 33.6. The molecule has 53 heavy (non-hydrogen) atoms. The van der Waals surface area contributed by atoms with E-state index >= 15 is 0 Å². The number of anilines is 1. The van der Waals surface area contributed by atoms with Gasteiger partial charge in [0.1, 0.15) is 28.4 Å². The molecule has 0 radical (unpaired) electrons. The second-order valence-corrected chi connectivity index (χ2v) is 18.2. The highest BCUT2D eigenvalue weighted by atomic mass is 32.2. The molecule has 1 spiro atoms. The highest BCUT2D eigenvalue weighted by Crippen LogP contribution is 2.49. The van der Waals surface area contributed by atoms with Gasteiger partial charge >= 0.3 is 0 Å². The van der Waals surface area contributed by atoms with Gasteiger partial charge in [0, 0.05) is 57.4 Å². The number of methoxy groups -OCH3 is 1. The standard InChI is InChI=1S/C42H56N4O6S/c1-28-9-7-18-42(50-4,26-44-19-20-46-34(23-44)24-51-29(2)40(46)48)36-15-13-33(36)22-45-25-41(17-8-11-31-10-5-6-12-35(31)41)27-52-38-16-14-32(21-37(38)45)39(47)43-53(49)30(28)3/h5-7,10,12,14,16,18,21,28-30,33-34,36H,8-9,11,13,15,17,19-20,22-27H2,1-4H3,(H,43,47)/b18-7+/t28?,29?,30?,33?,34?,36?,41-,42-,53?/m0/s1. The smallest absolute Gasteiger partial charge is 0.263 e. The number of carbonyl (C=O) groups excluding carboxylic acids is 2. The quantitative estimate of drug-likeness (QED) is 0.445. The van der Waals surface area contributed by atoms with Crippen LogP contribution in [-0.2, 0) is 37.1 Å². The molecule has 1 saturated carbocycles. The van der Waals surface area contributed by atoms with Gasteiger partial charge in [-0.25, -0.2) is 4.21 Å². The summed E-state index contributed by atoms with van der Waals surface area (Å²) >= 11 is 0. The van der Waals surface area contributed by atoms with Crippen molar-refractivity contribution in [2.24, 2.45) is 17.8 Å². The average molecular weight is 745 g/mol. The number of nitrogens with zero attached hydrogens (tertiary/aromatic N) is 3. The minimum atomic E-state index is -1.57. The number of fused-ring (bicyclic) bond motifs is 5. The van der Waals surface area contributed by atoms with E-state index in [2.05, 4.69) is 57.9 Å². The van der Waals surface area contributed by atoms with Crippen molar-refractivity contribution in [2.75, 3.05) is 64.5 Å². The lowest BCUT2D eigenvalue weighted by Crippen LogP contribution is -2.65. The van der Waals surface area contributed by atoms with Crippen LogP contribution in [-0.4, -0.2) is 108 Å². The van der Waals surface area contributed by atoms with Crippen LogP contribution in [0.3, 0.4) is 0 Å². The van der Waals surface area contributed by atoms with E-state index in [9.17, 15) is 13.8 Å². The van der Waals surface area contributed by atoms with Gasteiger partial charge in [-0.3, -0.25) is 19.2 Å². The van der Waals surface area contributed by atoms with Gasteiger partial charge < -0.3 is 24.0 Å². The van der Waals surface area contributed by atoms with E-state index in [0.29, 0.717) is 37.7 Å². The first-order valence-electron chi connectivity index (χ1n) is 19.8. The van der Waals surface area contributed by atoms with Crippen LogP contribution in [0.4, 0.5) is 5.69 Å². The maximum absolute atomic E-state index is 13.6. The van der Waals surface area contributed by atoms with Gasteiger partial charge in [0.25, 0.3) is 11.8 Å². The zero-order valence-corrected chi connectivity index (χ0v) is 32.6. The first-order chi connectivity index (χ1) is 25.6. The van der Waals surface area contributed by atoms with Crippen molar-refractivity contribution >= 4 is 28.5 Å². The molecule has 2 aliphatic carbocycles. The molecule has 4 aliphatic heterocycles. The molecule has 0 aromatic heterocycles. The Morgan fingerprint density at radius 2 is 1.91 bits per heavy atom. The van der Waals surface area contributed by atoms with Crippen molar-refractivity contribution < 1.29 is 28.0 Å². The number of benzene rings is 2. The minimum Gasteiger partial charge on any atom is -0.490 e. The van der Waals surface area contributed by atoms with Crippen molar-refractivity contribution in [1.29, 1.82) is 0 Å². The summed E-state index contributed by atoms with van der Waals surface area (Å²) in [5.41, 5.74) is 3.46. The topological polar surface area (TPSA) is 101 Å². The van der Waals surface area contributed by atoms with Crippen molar-refractivity contribution in [1.82, 2.24) is 14.5 Å². The lowest BCUT2D eigenvalue weighted by atomic mass is 9.63. The van der Waals surface area contributed by atoms with Crippen LogP contribution < -0.4 is 14.4 Å². The zero-order valence-electron chi connectivity index (χ0n) is 31.8. The third-order valence-corrected chi connectivity index (χ3v) is 15.1. The lowest BCUT2D eigenvalue weighted by molar-refractivity contribution is -0.164. The molecular formula is C42H56N4O6S. The Labute approximate surface area is 317 Å². The molecule has 10 nitrogen and oxygen atoms in total. The van der Waals surface area contributed by atoms with Gasteiger partial charge in [0.2, 0.25) is 0 Å². The molecular weight excluding hydrogens is 689 g/mol. The number of rotatable bonds is 3. The number of nitrogens with one attached hydrogen (secondary N) is 1. The van der Waals surface area contributed by atoms with E-state index in [0.717, 1.165) is 76.3 Å². The Kier molecular flexibility index (Phi) is 10.2. The monoisotopic (exact) mass is 744 g/mol. The average Bonchev–Trinajstić information content (AvgIpc) is 3.30. The lowest BCUT2D eigenvalue weighted by Gasteiger charge is -2.53. The highest BCUT2D eigenvalue weighted by Gasteiger charge is 2.50. The third-order valence-electron chi connectivity index (χ3n) is 13.6. The SMILES string of the molecule is CO[C@]1(CN2CCN3C(=O)C(C)OCC3C2)/C=C/CC(C)C(C)S(=O)NC(=O)c2ccc3c(c2)N(CC2CCC21)C[C@@]1(CCCc2ccccc21)CO3. The molecule has 9 atom stereocenters. The van der Waals surface area contributed by atoms with Crippen LogP contribution in [0.2, 0.25) is 0 Å². The zero-order chi connectivity index (χ0) is 36.9. The van der Waals surface area contributed by atoms with E-state index in [-0.39, 0.29) is 46.5 Å². The summed E-state index contributed by atoms with van der Waals surface area (Å²) in [6, 6.07) is 14.6. The van der Waals surface area contributed by atoms with E-state index in [1.54, 1.807) is 0 Å². The number of amides is 2. The number of allylic oxidation sites excluding steroid dienone is 1. The second-order valence-electron chi connectivity index (χ2n) is 16.7. The summed E-state index contributed by atoms with van der Waals surface area (Å²) in [6.45, 7) is 11.6. The molecule has 2 amide bonds. The summed E-state index contributed by atoms with van der Waals surface area (Å²) < 4.78 is 35.7. The van der Waals surface area contributed by atoms with Gasteiger partial charge in [-0.15, -0.1) is 0 Å². The molecule has 1 N–H and O–H groups in total. The molecule has 3 fully saturated rings. The van der Waals surface area contributed by atoms with Crippen LogP contribution in [0.25, 0.3) is 0 Å². The summed E-state index contributed by atoms with van der Waals surface area (Å²) in [7, 11) is 0.290. The maximum Gasteiger partial charge on any atom is 0.263 e. The van der Waals surface area contributed by atoms with Crippen LogP contribution in [0, 0.1) is 17.8 Å². The number of aryl methyl sites for hydroxylation is 1. The normalized spacial score (nSPS) is 36.9. The molecule has 6 aliphatic rings. The van der Waals surface area contributed by atoms with Crippen molar-refractivity contribution in [3.05, 3.63) is 71.3 Å². The van der Waals surface area contributed by atoms with Crippen molar-refractivity contribution in [3.63, 3.8) is 0 Å². The number of hydrogen-bond donors (Lipinski definition) is 1. The van der Waals surface area contributed by atoms with Crippen molar-refractivity contribution in [3.8, 4) is 5.75 Å². The molecule has 7 unspecified atom stereocenters. The molecule has 2 saturated heterocycles. The Balaban J connectivity index is 1.16. The maximum atomic E-state index is 13.6. The molecule has 2 aromatic rings. The summed E-state index contributed by atoms with van der Waals surface area (Å²) in [6.07, 6.45) is 10.2. The van der Waals surface area contributed by atoms with Crippen molar-refractivity contribution in [2.45, 2.75) is 87.7 Å². The summed E-state index contributed by atoms with van der Waals surface area (Å²) in [5.74, 6) is 1.22. The highest BCUT2D eigenvalue weighted by molar-refractivity contribution is 7.84. The van der Waals surface area contributed by atoms with Gasteiger partial charge in [-0.2, -0.15) is 0 Å². The second kappa shape index (κ2) is 14.8. The van der Waals surface area contributed by atoms with Gasteiger partial charge in [0.05, 0.1) is 30.2 Å². The summed E-state index contributed by atoms with van der Waals surface area (Å²) in [5, 5.41) is -0.254. The van der Waals surface area contributed by atoms with E-state index < -0.39 is 16.6 Å². The number of piperazine rings is 1. The number of morpholine rings is 1. The van der Waals surface area contributed by atoms with Crippen LogP contribution in [0.15, 0.2) is 54.6 Å². The predicted molar refractivity (Wildman–Crippen MR) is 207 cm³/mol. The Hall–Kier alpha value is -3.25. The molecule has 2 bridgehead atoms. The fraction of sp³-hybridized carbons (Fsp3) is 0.619. The van der Waals surface area contributed by atoms with E-state index in [4.69, 9.17) is 14.2 Å². The van der Waals surface area contributed by atoms with Gasteiger partial charge in [-0.05, 0) is 99.5 Å². The molecule has 8 rings (SSSR count). The molecule has 4 heterocycles. The molecule has 2 aromatic carbocycles. The Morgan fingerprint density at radius 3 is 2.72 bits per heavy atom. The Bertz CT molecular complexity index is 1770. The third kappa shape index (κ3) is 6.85. The van der Waals surface area contributed by atoms with E-state index in [1.807, 2.05) is 44.1 Å².